The van der Waals surface area contributed by atoms with Crippen molar-refractivity contribution in [1.29, 1.82) is 0 Å². The molecule has 1 aliphatic heterocycles. The maximum Gasteiger partial charge on any atom is 0.232 e. The summed E-state index contributed by atoms with van der Waals surface area (Å²) in [5.41, 5.74) is 2.33. The van der Waals surface area contributed by atoms with Gasteiger partial charge in [0.2, 0.25) is 5.95 Å². The molecule has 2 heterocycles. The molecular weight excluding hydrogens is 384 g/mol. The van der Waals surface area contributed by atoms with Gasteiger partial charge in [-0.25, -0.2) is 0 Å². The van der Waals surface area contributed by atoms with Gasteiger partial charge in [0.25, 0.3) is 0 Å². The fourth-order valence-corrected chi connectivity index (χ4v) is 4.03. The molecule has 0 atom stereocenters. The maximum absolute atomic E-state index is 5.79. The van der Waals surface area contributed by atoms with E-state index in [0.29, 0.717) is 6.61 Å². The predicted octanol–water partition coefficient (Wildman–Crippen LogP) is 3.97. The Labute approximate surface area is 175 Å². The van der Waals surface area contributed by atoms with Crippen LogP contribution in [0.3, 0.4) is 0 Å². The summed E-state index contributed by atoms with van der Waals surface area (Å²) >= 11 is 1.72. The number of morpholine rings is 1. The van der Waals surface area contributed by atoms with E-state index in [1.807, 2.05) is 30.3 Å². The van der Waals surface area contributed by atoms with E-state index in [2.05, 4.69) is 50.9 Å². The Morgan fingerprint density at radius 1 is 1.00 bits per heavy atom. The maximum atomic E-state index is 5.79. The summed E-state index contributed by atoms with van der Waals surface area (Å²) in [5.74, 6) is 2.72. The lowest BCUT2D eigenvalue weighted by molar-refractivity contribution is 0.122. The number of aromatic nitrogens is 3. The second kappa shape index (κ2) is 9.80. The van der Waals surface area contributed by atoms with E-state index in [9.17, 15) is 0 Å². The first-order chi connectivity index (χ1) is 14.3. The molecule has 6 nitrogen and oxygen atoms in total. The zero-order valence-corrected chi connectivity index (χ0v) is 17.5. The average Bonchev–Trinajstić information content (AvgIpc) is 3.19. The number of hydrogen-bond donors (Lipinski definition) is 0. The summed E-state index contributed by atoms with van der Waals surface area (Å²) in [7, 11) is 0. The minimum atomic E-state index is 0.687. The Morgan fingerprint density at radius 3 is 2.52 bits per heavy atom. The average molecular weight is 411 g/mol. The molecule has 1 fully saturated rings. The number of para-hydroxylation sites is 1. The van der Waals surface area contributed by atoms with Crippen LogP contribution in [0.2, 0.25) is 0 Å². The highest BCUT2D eigenvalue weighted by Crippen LogP contribution is 2.27. The molecule has 0 bridgehead atoms. The van der Waals surface area contributed by atoms with E-state index in [0.717, 1.165) is 61.0 Å². The van der Waals surface area contributed by atoms with E-state index < -0.39 is 0 Å². The molecule has 152 valence electrons. The SMILES string of the molecule is Cc1ccc(-n2c(SCCCOc3ccccc3)nnc2N2CCOCC2)cc1. The van der Waals surface area contributed by atoms with Crippen molar-refractivity contribution >= 4 is 17.7 Å². The van der Waals surface area contributed by atoms with Crippen LogP contribution in [0.15, 0.2) is 59.8 Å². The molecule has 0 aliphatic carbocycles. The molecule has 0 amide bonds. The predicted molar refractivity (Wildman–Crippen MR) is 116 cm³/mol. The smallest absolute Gasteiger partial charge is 0.232 e. The molecule has 1 aromatic heterocycles. The number of benzene rings is 2. The fraction of sp³-hybridized carbons (Fsp3) is 0.364. The molecule has 3 aromatic rings. The molecule has 29 heavy (non-hydrogen) atoms. The molecule has 0 N–H and O–H groups in total. The van der Waals surface area contributed by atoms with Gasteiger partial charge in [-0.05, 0) is 37.6 Å². The Bertz CT molecular complexity index is 893. The molecular formula is C22H26N4O2S. The first-order valence-electron chi connectivity index (χ1n) is 9.97. The van der Waals surface area contributed by atoms with Crippen LogP contribution in [-0.2, 0) is 4.74 Å². The molecule has 2 aromatic carbocycles. The van der Waals surface area contributed by atoms with Gasteiger partial charge in [0.1, 0.15) is 5.75 Å². The number of nitrogens with zero attached hydrogens (tertiary/aromatic N) is 4. The highest BCUT2D eigenvalue weighted by Gasteiger charge is 2.21. The molecule has 1 aliphatic rings. The van der Waals surface area contributed by atoms with Crippen LogP contribution < -0.4 is 9.64 Å². The number of thioether (sulfide) groups is 1. The summed E-state index contributed by atoms with van der Waals surface area (Å²) in [6, 6.07) is 18.4. The third-order valence-electron chi connectivity index (χ3n) is 4.73. The topological polar surface area (TPSA) is 52.4 Å². The number of aryl methyl sites for hydroxylation is 1. The van der Waals surface area contributed by atoms with Gasteiger partial charge in [-0.1, -0.05) is 47.7 Å². The number of rotatable bonds is 8. The minimum absolute atomic E-state index is 0.687. The van der Waals surface area contributed by atoms with Crippen LogP contribution in [0.25, 0.3) is 5.69 Å². The second-order valence-corrected chi connectivity index (χ2v) is 7.98. The van der Waals surface area contributed by atoms with Crippen molar-refractivity contribution in [2.75, 3.05) is 43.6 Å². The van der Waals surface area contributed by atoms with Crippen molar-refractivity contribution in [3.63, 3.8) is 0 Å². The van der Waals surface area contributed by atoms with Gasteiger partial charge in [0.05, 0.1) is 25.5 Å². The highest BCUT2D eigenvalue weighted by molar-refractivity contribution is 7.99. The molecule has 0 spiro atoms. The first kappa shape index (κ1) is 19.8. The monoisotopic (exact) mass is 410 g/mol. The molecule has 0 saturated carbocycles. The van der Waals surface area contributed by atoms with Crippen molar-refractivity contribution in [2.45, 2.75) is 18.5 Å². The zero-order valence-electron chi connectivity index (χ0n) is 16.7. The van der Waals surface area contributed by atoms with Gasteiger partial charge in [0.15, 0.2) is 5.16 Å². The van der Waals surface area contributed by atoms with E-state index in [4.69, 9.17) is 9.47 Å². The van der Waals surface area contributed by atoms with Crippen LogP contribution in [0.5, 0.6) is 5.75 Å². The van der Waals surface area contributed by atoms with Crippen molar-refractivity contribution in [2.24, 2.45) is 0 Å². The molecule has 1 saturated heterocycles. The molecule has 4 rings (SSSR count). The van der Waals surface area contributed by atoms with E-state index in [1.54, 1.807) is 11.8 Å². The van der Waals surface area contributed by atoms with Gasteiger partial charge in [-0.3, -0.25) is 4.57 Å². The van der Waals surface area contributed by atoms with Crippen molar-refractivity contribution in [3.8, 4) is 11.4 Å². The van der Waals surface area contributed by atoms with Crippen molar-refractivity contribution in [3.05, 3.63) is 60.2 Å². The Balaban J connectivity index is 1.44. The Kier molecular flexibility index (Phi) is 6.69. The molecule has 0 unspecified atom stereocenters. The summed E-state index contributed by atoms with van der Waals surface area (Å²) in [6.07, 6.45) is 0.938. The van der Waals surface area contributed by atoms with Gasteiger partial charge in [-0.2, -0.15) is 0 Å². The Morgan fingerprint density at radius 2 is 1.76 bits per heavy atom. The normalized spacial score (nSPS) is 14.2. The number of hydrogen-bond acceptors (Lipinski definition) is 6. The van der Waals surface area contributed by atoms with Gasteiger partial charge >= 0.3 is 0 Å². The van der Waals surface area contributed by atoms with Crippen LogP contribution >= 0.6 is 11.8 Å². The Hall–Kier alpha value is -2.51. The van der Waals surface area contributed by atoms with Crippen LogP contribution in [0.1, 0.15) is 12.0 Å². The first-order valence-corrected chi connectivity index (χ1v) is 11.0. The van der Waals surface area contributed by atoms with Crippen molar-refractivity contribution in [1.82, 2.24) is 14.8 Å². The third kappa shape index (κ3) is 5.10. The van der Waals surface area contributed by atoms with Crippen LogP contribution in [0, 0.1) is 6.92 Å². The minimum Gasteiger partial charge on any atom is -0.494 e. The highest BCUT2D eigenvalue weighted by atomic mass is 32.2. The van der Waals surface area contributed by atoms with Crippen LogP contribution in [0.4, 0.5) is 5.95 Å². The fourth-order valence-electron chi connectivity index (χ4n) is 3.17. The second-order valence-electron chi connectivity index (χ2n) is 6.92. The molecule has 7 heteroatoms. The number of anilines is 1. The van der Waals surface area contributed by atoms with E-state index >= 15 is 0 Å². The lowest BCUT2D eigenvalue weighted by atomic mass is 10.2. The lowest BCUT2D eigenvalue weighted by Crippen LogP contribution is -2.37. The van der Waals surface area contributed by atoms with Crippen LogP contribution in [-0.4, -0.2) is 53.4 Å². The van der Waals surface area contributed by atoms with E-state index in [-0.39, 0.29) is 0 Å². The summed E-state index contributed by atoms with van der Waals surface area (Å²) in [5, 5.41) is 9.93. The van der Waals surface area contributed by atoms with E-state index in [1.165, 1.54) is 5.56 Å². The quantitative estimate of drug-likeness (QED) is 0.414. The summed E-state index contributed by atoms with van der Waals surface area (Å²) in [6.45, 7) is 5.90. The van der Waals surface area contributed by atoms with Gasteiger partial charge < -0.3 is 14.4 Å². The standard InChI is InChI=1S/C22H26N4O2S/c1-18-8-10-19(11-9-18)26-21(25-12-15-27-16-13-25)23-24-22(26)29-17-5-14-28-20-6-3-2-4-7-20/h2-4,6-11H,5,12-17H2,1H3. The third-order valence-corrected chi connectivity index (χ3v) is 5.75. The summed E-state index contributed by atoms with van der Waals surface area (Å²) < 4.78 is 13.5. The number of ether oxygens (including phenoxy) is 2. The molecule has 0 radical (unpaired) electrons. The van der Waals surface area contributed by atoms with Crippen molar-refractivity contribution < 1.29 is 9.47 Å². The largest absolute Gasteiger partial charge is 0.494 e. The zero-order chi connectivity index (χ0) is 19.9. The lowest BCUT2D eigenvalue weighted by Gasteiger charge is -2.28. The van der Waals surface area contributed by atoms with Gasteiger partial charge in [-0.15, -0.1) is 10.2 Å². The van der Waals surface area contributed by atoms with Gasteiger partial charge in [0, 0.05) is 18.8 Å². The summed E-state index contributed by atoms with van der Waals surface area (Å²) in [4.78, 5) is 2.25.